The van der Waals surface area contributed by atoms with Gasteiger partial charge in [0.25, 0.3) is 5.69 Å². The van der Waals surface area contributed by atoms with Crippen LogP contribution in [0.3, 0.4) is 0 Å². The monoisotopic (exact) mass is 238 g/mol. The molecule has 1 N–H and O–H groups in total. The first-order valence-corrected chi connectivity index (χ1v) is 5.54. The molecule has 0 saturated carbocycles. The van der Waals surface area contributed by atoms with Crippen molar-refractivity contribution in [3.63, 3.8) is 0 Å². The van der Waals surface area contributed by atoms with Crippen LogP contribution in [0.1, 0.15) is 27.7 Å². The van der Waals surface area contributed by atoms with Gasteiger partial charge in [0.1, 0.15) is 11.4 Å². The summed E-state index contributed by atoms with van der Waals surface area (Å²) in [6.07, 6.45) is 0. The van der Waals surface area contributed by atoms with Crippen molar-refractivity contribution in [2.75, 3.05) is 11.9 Å². The first-order valence-electron chi connectivity index (χ1n) is 5.54. The largest absolute Gasteiger partial charge is 0.488 e. The highest BCUT2D eigenvalue weighted by Crippen LogP contribution is 2.28. The average molecular weight is 238 g/mol. The molecule has 94 valence electrons. The van der Waals surface area contributed by atoms with Gasteiger partial charge in [0, 0.05) is 24.4 Å². The summed E-state index contributed by atoms with van der Waals surface area (Å²) in [4.78, 5) is 10.4. The molecule has 0 heterocycles. The van der Waals surface area contributed by atoms with E-state index in [2.05, 4.69) is 5.32 Å². The Morgan fingerprint density at radius 2 is 2.00 bits per heavy atom. The summed E-state index contributed by atoms with van der Waals surface area (Å²) < 4.78 is 5.64. The molecule has 0 radical (unpaired) electrons. The van der Waals surface area contributed by atoms with Crippen LogP contribution in [0.4, 0.5) is 11.4 Å². The van der Waals surface area contributed by atoms with Crippen molar-refractivity contribution in [3.8, 4) is 5.75 Å². The van der Waals surface area contributed by atoms with Crippen LogP contribution in [-0.4, -0.2) is 17.1 Å². The number of nitro groups is 1. The number of rotatable bonds is 4. The number of anilines is 1. The molecule has 0 aliphatic carbocycles. The fourth-order valence-corrected chi connectivity index (χ4v) is 1.41. The van der Waals surface area contributed by atoms with E-state index in [0.29, 0.717) is 18.0 Å². The third kappa shape index (κ3) is 4.30. The van der Waals surface area contributed by atoms with Crippen LogP contribution in [0.15, 0.2) is 18.2 Å². The van der Waals surface area contributed by atoms with Crippen molar-refractivity contribution in [3.05, 3.63) is 28.3 Å². The zero-order chi connectivity index (χ0) is 13.1. The third-order valence-electron chi connectivity index (χ3n) is 1.91. The van der Waals surface area contributed by atoms with Crippen molar-refractivity contribution < 1.29 is 9.66 Å². The van der Waals surface area contributed by atoms with Gasteiger partial charge in [-0.1, -0.05) is 0 Å². The molecule has 0 aliphatic rings. The summed E-state index contributed by atoms with van der Waals surface area (Å²) in [7, 11) is 0. The summed E-state index contributed by atoms with van der Waals surface area (Å²) in [5.74, 6) is 0.502. The highest BCUT2D eigenvalue weighted by atomic mass is 16.6. The van der Waals surface area contributed by atoms with Gasteiger partial charge in [-0.25, -0.2) is 0 Å². The van der Waals surface area contributed by atoms with Gasteiger partial charge in [0.15, 0.2) is 0 Å². The zero-order valence-corrected chi connectivity index (χ0v) is 10.6. The van der Waals surface area contributed by atoms with E-state index in [1.54, 1.807) is 6.07 Å². The molecule has 1 rings (SSSR count). The number of benzene rings is 1. The molecule has 0 atom stereocenters. The predicted octanol–water partition coefficient (Wildman–Crippen LogP) is 3.20. The van der Waals surface area contributed by atoms with Gasteiger partial charge >= 0.3 is 0 Å². The maximum absolute atomic E-state index is 10.8. The van der Waals surface area contributed by atoms with E-state index in [9.17, 15) is 10.1 Å². The molecule has 5 heteroatoms. The highest BCUT2D eigenvalue weighted by Gasteiger charge is 2.16. The van der Waals surface area contributed by atoms with Crippen LogP contribution in [0, 0.1) is 10.1 Å². The maximum Gasteiger partial charge on any atom is 0.275 e. The van der Waals surface area contributed by atoms with E-state index >= 15 is 0 Å². The maximum atomic E-state index is 10.8. The second-order valence-corrected chi connectivity index (χ2v) is 4.72. The van der Waals surface area contributed by atoms with Crippen LogP contribution in [0.2, 0.25) is 0 Å². The number of nitro benzene ring substituents is 1. The lowest BCUT2D eigenvalue weighted by Gasteiger charge is -2.21. The minimum atomic E-state index is -0.420. The van der Waals surface area contributed by atoms with Gasteiger partial charge in [0.2, 0.25) is 0 Å². The molecule has 17 heavy (non-hydrogen) atoms. The van der Waals surface area contributed by atoms with Crippen LogP contribution in [-0.2, 0) is 0 Å². The molecule has 5 nitrogen and oxygen atoms in total. The molecule has 0 fully saturated rings. The minimum absolute atomic E-state index is 0.0303. The lowest BCUT2D eigenvalue weighted by Crippen LogP contribution is -2.23. The zero-order valence-electron chi connectivity index (χ0n) is 10.6. The summed E-state index contributed by atoms with van der Waals surface area (Å²) in [6, 6.07) is 4.70. The molecule has 1 aromatic rings. The number of hydrogen-bond donors (Lipinski definition) is 1. The van der Waals surface area contributed by atoms with Gasteiger partial charge in [-0.3, -0.25) is 10.1 Å². The Morgan fingerprint density at radius 3 is 2.47 bits per heavy atom. The predicted molar refractivity (Wildman–Crippen MR) is 67.6 cm³/mol. The fourth-order valence-electron chi connectivity index (χ4n) is 1.41. The Balaban J connectivity index is 3.07. The standard InChI is InChI=1S/C12H18N2O3/c1-5-13-9-6-10(14(15)16)8-11(7-9)17-12(2,3)4/h6-8,13H,5H2,1-4H3. The summed E-state index contributed by atoms with van der Waals surface area (Å²) in [5, 5.41) is 13.8. The molecule has 0 aromatic heterocycles. The molecular weight excluding hydrogens is 220 g/mol. The van der Waals surface area contributed by atoms with Crippen LogP contribution in [0.25, 0.3) is 0 Å². The van der Waals surface area contributed by atoms with E-state index in [4.69, 9.17) is 4.74 Å². The Bertz CT molecular complexity index is 411. The molecule has 0 saturated heterocycles. The van der Waals surface area contributed by atoms with E-state index < -0.39 is 4.92 Å². The second kappa shape index (κ2) is 5.03. The summed E-state index contributed by atoms with van der Waals surface area (Å²) in [6.45, 7) is 8.34. The normalized spacial score (nSPS) is 11.1. The number of non-ortho nitro benzene ring substituents is 1. The Labute approximate surface area is 101 Å². The number of nitrogens with one attached hydrogen (secondary N) is 1. The van der Waals surface area contributed by atoms with Crippen molar-refractivity contribution in [2.24, 2.45) is 0 Å². The first kappa shape index (κ1) is 13.3. The first-order chi connectivity index (χ1) is 7.81. The van der Waals surface area contributed by atoms with Crippen molar-refractivity contribution in [1.82, 2.24) is 0 Å². The number of hydrogen-bond acceptors (Lipinski definition) is 4. The second-order valence-electron chi connectivity index (χ2n) is 4.72. The van der Waals surface area contributed by atoms with Crippen molar-refractivity contribution in [1.29, 1.82) is 0 Å². The lowest BCUT2D eigenvalue weighted by molar-refractivity contribution is -0.384. The number of nitrogens with zero attached hydrogens (tertiary/aromatic N) is 1. The van der Waals surface area contributed by atoms with E-state index in [-0.39, 0.29) is 11.3 Å². The van der Waals surface area contributed by atoms with Crippen LogP contribution >= 0.6 is 0 Å². The van der Waals surface area contributed by atoms with Gasteiger partial charge in [-0.15, -0.1) is 0 Å². The van der Waals surface area contributed by atoms with Crippen LogP contribution in [0.5, 0.6) is 5.75 Å². The fraction of sp³-hybridized carbons (Fsp3) is 0.500. The Morgan fingerprint density at radius 1 is 1.35 bits per heavy atom. The Kier molecular flexibility index (Phi) is 3.93. The van der Waals surface area contributed by atoms with E-state index in [1.807, 2.05) is 27.7 Å². The summed E-state index contributed by atoms with van der Waals surface area (Å²) >= 11 is 0. The molecule has 0 amide bonds. The van der Waals surface area contributed by atoms with Crippen molar-refractivity contribution >= 4 is 11.4 Å². The van der Waals surface area contributed by atoms with Crippen LogP contribution < -0.4 is 10.1 Å². The topological polar surface area (TPSA) is 64.4 Å². The quantitative estimate of drug-likeness (QED) is 0.646. The molecule has 1 aromatic carbocycles. The van der Waals surface area contributed by atoms with Gasteiger partial charge in [-0.05, 0) is 27.7 Å². The number of ether oxygens (including phenoxy) is 1. The molecule has 0 spiro atoms. The van der Waals surface area contributed by atoms with E-state index in [0.717, 1.165) is 0 Å². The third-order valence-corrected chi connectivity index (χ3v) is 1.91. The highest BCUT2D eigenvalue weighted by molar-refractivity contribution is 5.56. The molecule has 0 aliphatic heterocycles. The van der Waals surface area contributed by atoms with Gasteiger partial charge < -0.3 is 10.1 Å². The molecular formula is C12H18N2O3. The van der Waals surface area contributed by atoms with E-state index in [1.165, 1.54) is 12.1 Å². The average Bonchev–Trinajstić information content (AvgIpc) is 2.14. The SMILES string of the molecule is CCNc1cc(OC(C)(C)C)cc([N+](=O)[O-])c1. The minimum Gasteiger partial charge on any atom is -0.488 e. The smallest absolute Gasteiger partial charge is 0.275 e. The Hall–Kier alpha value is -1.78. The molecule has 0 bridgehead atoms. The molecule has 0 unspecified atom stereocenters. The summed E-state index contributed by atoms with van der Waals surface area (Å²) in [5.41, 5.74) is 0.349. The van der Waals surface area contributed by atoms with Gasteiger partial charge in [-0.2, -0.15) is 0 Å². The lowest BCUT2D eigenvalue weighted by atomic mass is 10.2. The van der Waals surface area contributed by atoms with Crippen molar-refractivity contribution in [2.45, 2.75) is 33.3 Å². The van der Waals surface area contributed by atoms with Gasteiger partial charge in [0.05, 0.1) is 11.0 Å².